The fourth-order valence-electron chi connectivity index (χ4n) is 2.14. The van der Waals surface area contributed by atoms with E-state index >= 15 is 0 Å². The van der Waals surface area contributed by atoms with Crippen molar-refractivity contribution in [1.82, 2.24) is 0 Å². The van der Waals surface area contributed by atoms with Gasteiger partial charge in [0, 0.05) is 17.4 Å². The van der Waals surface area contributed by atoms with Gasteiger partial charge in [-0.1, -0.05) is 0 Å². The number of rotatable bonds is 1. The van der Waals surface area contributed by atoms with Crippen LogP contribution in [0.1, 0.15) is 32.6 Å². The first-order valence-corrected chi connectivity index (χ1v) is 5.51. The maximum atomic E-state index is 10.7. The molecule has 0 radical (unpaired) electrons. The van der Waals surface area contributed by atoms with Crippen LogP contribution in [-0.2, 0) is 9.53 Å². The van der Waals surface area contributed by atoms with Gasteiger partial charge in [-0.15, -0.1) is 0 Å². The highest BCUT2D eigenvalue weighted by Gasteiger charge is 2.35. The second-order valence-corrected chi connectivity index (χ2v) is 5.27. The van der Waals surface area contributed by atoms with Crippen LogP contribution in [0.3, 0.4) is 0 Å². The molecule has 0 aromatic heterocycles. The molecule has 2 rings (SSSR count). The molecule has 2 nitrogen and oxygen atoms in total. The van der Waals surface area contributed by atoms with E-state index in [1.807, 2.05) is 0 Å². The zero-order chi connectivity index (χ0) is 8.55. The van der Waals surface area contributed by atoms with E-state index in [9.17, 15) is 4.79 Å². The van der Waals surface area contributed by atoms with E-state index in [0.717, 1.165) is 23.3 Å². The van der Waals surface area contributed by atoms with Crippen LogP contribution in [0.5, 0.6) is 0 Å². The molecular formula is C9H14O2S. The third-order valence-corrected chi connectivity index (χ3v) is 4.21. The first-order valence-electron chi connectivity index (χ1n) is 4.56. The monoisotopic (exact) mass is 186 g/mol. The van der Waals surface area contributed by atoms with E-state index in [4.69, 9.17) is 4.74 Å². The van der Waals surface area contributed by atoms with Crippen LogP contribution in [-0.4, -0.2) is 22.6 Å². The Morgan fingerprint density at radius 2 is 1.92 bits per heavy atom. The summed E-state index contributed by atoms with van der Waals surface area (Å²) in [7, 11) is 0. The topological polar surface area (TPSA) is 26.3 Å². The van der Waals surface area contributed by atoms with Gasteiger partial charge in [0.05, 0.1) is 0 Å². The molecule has 0 amide bonds. The lowest BCUT2D eigenvalue weighted by Crippen LogP contribution is -2.26. The highest BCUT2D eigenvalue weighted by atomic mass is 32.2. The predicted molar refractivity (Wildman–Crippen MR) is 49.2 cm³/mol. The summed E-state index contributed by atoms with van der Waals surface area (Å²) in [6, 6.07) is 0. The fraction of sp³-hybridized carbons (Fsp3) is 0.889. The summed E-state index contributed by atoms with van der Waals surface area (Å²) in [6.45, 7) is 1.50. The van der Waals surface area contributed by atoms with Gasteiger partial charge >= 0.3 is 5.97 Å². The second kappa shape index (κ2) is 3.29. The summed E-state index contributed by atoms with van der Waals surface area (Å²) in [4.78, 5) is 10.7. The standard InChI is InChI=1S/C9H14O2S/c1-6(10)11-7-4-8-2-3-9(5-7)12-8/h7-9H,2-5H2,1H3. The van der Waals surface area contributed by atoms with Crippen LogP contribution in [0.2, 0.25) is 0 Å². The summed E-state index contributed by atoms with van der Waals surface area (Å²) in [5.41, 5.74) is 0. The third-order valence-electron chi connectivity index (χ3n) is 2.58. The van der Waals surface area contributed by atoms with E-state index in [1.54, 1.807) is 0 Å². The largest absolute Gasteiger partial charge is 0.462 e. The number of hydrogen-bond acceptors (Lipinski definition) is 3. The zero-order valence-electron chi connectivity index (χ0n) is 7.29. The number of ether oxygens (including phenoxy) is 1. The molecule has 2 saturated heterocycles. The molecule has 2 aliphatic heterocycles. The number of carbonyl (C=O) groups excluding carboxylic acids is 1. The molecule has 2 atom stereocenters. The highest BCUT2D eigenvalue weighted by Crippen LogP contribution is 2.44. The number of fused-ring (bicyclic) bond motifs is 2. The van der Waals surface area contributed by atoms with Gasteiger partial charge < -0.3 is 4.74 Å². The molecule has 2 aliphatic rings. The van der Waals surface area contributed by atoms with Crippen LogP contribution in [0.15, 0.2) is 0 Å². The van der Waals surface area contributed by atoms with E-state index in [0.29, 0.717) is 0 Å². The Bertz CT molecular complexity index is 181. The number of carbonyl (C=O) groups is 1. The Morgan fingerprint density at radius 1 is 1.33 bits per heavy atom. The maximum Gasteiger partial charge on any atom is 0.302 e. The van der Waals surface area contributed by atoms with Crippen molar-refractivity contribution in [2.24, 2.45) is 0 Å². The quantitative estimate of drug-likeness (QED) is 0.586. The lowest BCUT2D eigenvalue weighted by Gasteiger charge is -2.26. The number of esters is 1. The number of thioether (sulfide) groups is 1. The smallest absolute Gasteiger partial charge is 0.302 e. The van der Waals surface area contributed by atoms with E-state index in [1.165, 1.54) is 19.8 Å². The SMILES string of the molecule is CC(=O)OC1CC2CCC(C1)S2. The normalized spacial score (nSPS) is 39.6. The van der Waals surface area contributed by atoms with Crippen LogP contribution in [0, 0.1) is 0 Å². The van der Waals surface area contributed by atoms with Crippen molar-refractivity contribution in [1.29, 1.82) is 0 Å². The first-order chi connectivity index (χ1) is 5.74. The average molecular weight is 186 g/mol. The second-order valence-electron chi connectivity index (χ2n) is 3.66. The Labute approximate surface area is 77.0 Å². The van der Waals surface area contributed by atoms with Crippen molar-refractivity contribution >= 4 is 17.7 Å². The van der Waals surface area contributed by atoms with E-state index < -0.39 is 0 Å². The molecule has 2 bridgehead atoms. The predicted octanol–water partition coefficient (Wildman–Crippen LogP) is 1.98. The van der Waals surface area contributed by atoms with Gasteiger partial charge in [0.2, 0.25) is 0 Å². The van der Waals surface area contributed by atoms with Crippen molar-refractivity contribution in [3.8, 4) is 0 Å². The Balaban J connectivity index is 1.89. The molecular weight excluding hydrogens is 172 g/mol. The third kappa shape index (κ3) is 1.76. The Morgan fingerprint density at radius 3 is 2.42 bits per heavy atom. The summed E-state index contributed by atoms with van der Waals surface area (Å²) in [6.07, 6.45) is 5.04. The van der Waals surface area contributed by atoms with Gasteiger partial charge in [0.25, 0.3) is 0 Å². The molecule has 0 aromatic carbocycles. The van der Waals surface area contributed by atoms with Crippen molar-refractivity contribution < 1.29 is 9.53 Å². The lowest BCUT2D eigenvalue weighted by atomic mass is 10.1. The van der Waals surface area contributed by atoms with Crippen molar-refractivity contribution in [2.75, 3.05) is 0 Å². The summed E-state index contributed by atoms with van der Waals surface area (Å²) < 4.78 is 5.22. The first kappa shape index (κ1) is 8.42. The molecule has 0 aliphatic carbocycles. The lowest BCUT2D eigenvalue weighted by molar-refractivity contribution is -0.146. The average Bonchev–Trinajstić information content (AvgIpc) is 2.29. The van der Waals surface area contributed by atoms with Crippen molar-refractivity contribution in [3.63, 3.8) is 0 Å². The summed E-state index contributed by atoms with van der Waals surface area (Å²) >= 11 is 2.09. The molecule has 0 saturated carbocycles. The molecule has 0 spiro atoms. The summed E-state index contributed by atoms with van der Waals surface area (Å²) in [5.74, 6) is -0.119. The van der Waals surface area contributed by atoms with E-state index in [-0.39, 0.29) is 12.1 Å². The molecule has 3 heteroatoms. The van der Waals surface area contributed by atoms with Crippen molar-refractivity contribution in [3.05, 3.63) is 0 Å². The molecule has 0 N–H and O–H groups in total. The minimum absolute atomic E-state index is 0.119. The molecule has 68 valence electrons. The number of hydrogen-bond donors (Lipinski definition) is 0. The highest BCUT2D eigenvalue weighted by molar-refractivity contribution is 8.00. The van der Waals surface area contributed by atoms with Gasteiger partial charge in [-0.25, -0.2) is 0 Å². The van der Waals surface area contributed by atoms with Crippen molar-refractivity contribution in [2.45, 2.75) is 49.2 Å². The van der Waals surface area contributed by atoms with Crippen LogP contribution >= 0.6 is 11.8 Å². The van der Waals surface area contributed by atoms with E-state index in [2.05, 4.69) is 11.8 Å². The molecule has 2 fully saturated rings. The Hall–Kier alpha value is -0.180. The van der Waals surface area contributed by atoms with Gasteiger partial charge in [-0.05, 0) is 25.7 Å². The van der Waals surface area contributed by atoms with Crippen LogP contribution in [0.25, 0.3) is 0 Å². The van der Waals surface area contributed by atoms with Gasteiger partial charge in [0.1, 0.15) is 6.10 Å². The van der Waals surface area contributed by atoms with Gasteiger partial charge in [-0.2, -0.15) is 11.8 Å². The van der Waals surface area contributed by atoms with Crippen LogP contribution in [0.4, 0.5) is 0 Å². The molecule has 12 heavy (non-hydrogen) atoms. The van der Waals surface area contributed by atoms with Gasteiger partial charge in [0.15, 0.2) is 0 Å². The minimum atomic E-state index is -0.119. The summed E-state index contributed by atoms with van der Waals surface area (Å²) in [5, 5.41) is 1.54. The maximum absolute atomic E-state index is 10.7. The molecule has 0 aromatic rings. The fourth-order valence-corrected chi connectivity index (χ4v) is 3.88. The zero-order valence-corrected chi connectivity index (χ0v) is 8.10. The molecule has 2 unspecified atom stereocenters. The van der Waals surface area contributed by atoms with Gasteiger partial charge in [-0.3, -0.25) is 4.79 Å². The minimum Gasteiger partial charge on any atom is -0.462 e. The Kier molecular flexibility index (Phi) is 2.31. The van der Waals surface area contributed by atoms with Crippen LogP contribution < -0.4 is 0 Å². The molecule has 2 heterocycles.